The minimum Gasteiger partial charge on any atom is -0.310 e. The van der Waals surface area contributed by atoms with Gasteiger partial charge in [0.05, 0.1) is 11.1 Å². The van der Waals surface area contributed by atoms with Crippen molar-refractivity contribution in [2.45, 2.75) is 5.41 Å². The first-order valence-electron chi connectivity index (χ1n) is 21.8. The zero-order chi connectivity index (χ0) is 41.5. The van der Waals surface area contributed by atoms with Crippen LogP contribution in [-0.2, 0) is 5.41 Å². The van der Waals surface area contributed by atoms with E-state index in [0.29, 0.717) is 0 Å². The van der Waals surface area contributed by atoms with Crippen LogP contribution in [0.1, 0.15) is 22.3 Å². The van der Waals surface area contributed by atoms with Crippen molar-refractivity contribution in [1.29, 1.82) is 0 Å². The number of para-hydroxylation sites is 1. The maximum absolute atomic E-state index is 2.50. The van der Waals surface area contributed by atoms with Gasteiger partial charge in [-0.2, -0.15) is 0 Å². The molecule has 1 spiro atoms. The van der Waals surface area contributed by atoms with Crippen LogP contribution in [0.15, 0.2) is 237 Å². The minimum atomic E-state index is -0.446. The number of hydrogen-bond acceptors (Lipinski definition) is 2. The fraction of sp³-hybridized carbons (Fsp3) is 0.0164. The molecule has 294 valence electrons. The molecule has 2 heteroatoms. The lowest BCUT2D eigenvalue weighted by Gasteiger charge is -2.32. The Morgan fingerprint density at radius 2 is 0.762 bits per heavy atom. The fourth-order valence-corrected chi connectivity index (χ4v) is 12.0. The lowest BCUT2D eigenvalue weighted by Crippen LogP contribution is -2.26. The number of anilines is 3. The average molecular weight is 818 g/mol. The third-order valence-corrected chi connectivity index (χ3v) is 14.7. The highest BCUT2D eigenvalue weighted by atomic mass is 32.1. The Labute approximate surface area is 371 Å². The first-order chi connectivity index (χ1) is 31.3. The van der Waals surface area contributed by atoms with Gasteiger partial charge in [0, 0.05) is 42.7 Å². The second kappa shape index (κ2) is 14.1. The molecule has 11 aromatic rings. The van der Waals surface area contributed by atoms with Crippen molar-refractivity contribution >= 4 is 48.6 Å². The zero-order valence-electron chi connectivity index (χ0n) is 34.4. The Kier molecular flexibility index (Phi) is 8.06. The largest absolute Gasteiger partial charge is 0.310 e. The molecule has 0 unspecified atom stereocenters. The molecule has 1 nitrogen and oxygen atoms in total. The van der Waals surface area contributed by atoms with Gasteiger partial charge < -0.3 is 4.90 Å². The Morgan fingerprint density at radius 3 is 1.41 bits per heavy atom. The summed E-state index contributed by atoms with van der Waals surface area (Å²) in [6, 6.07) is 87.7. The molecule has 0 saturated heterocycles. The van der Waals surface area contributed by atoms with Gasteiger partial charge in [0.2, 0.25) is 0 Å². The van der Waals surface area contributed by atoms with Crippen molar-refractivity contribution in [2.24, 2.45) is 0 Å². The molecule has 1 heterocycles. The van der Waals surface area contributed by atoms with Gasteiger partial charge in [-0.1, -0.05) is 200 Å². The molecular formula is C61H39NS. The number of benzene rings is 10. The third kappa shape index (κ3) is 5.35. The van der Waals surface area contributed by atoms with Gasteiger partial charge in [0.1, 0.15) is 0 Å². The lowest BCUT2D eigenvalue weighted by atomic mass is 9.70. The molecule has 0 N–H and O–H groups in total. The van der Waals surface area contributed by atoms with E-state index < -0.39 is 5.41 Å². The van der Waals surface area contributed by atoms with Crippen molar-refractivity contribution in [3.63, 3.8) is 0 Å². The number of nitrogens with zero attached hydrogens (tertiary/aromatic N) is 1. The summed E-state index contributed by atoms with van der Waals surface area (Å²) in [5.41, 5.74) is 20.8. The SMILES string of the molecule is c1ccc(-c2ccc(-c3ccc(N(c4ccc5c(c4)C4(c6ccccc6-c6ccccc64)c4ccccc4-5)c4ccccc4-c4cccc5c4sc4ccccc45)cc3)cc2)cc1. The lowest BCUT2D eigenvalue weighted by molar-refractivity contribution is 0.793. The van der Waals surface area contributed by atoms with Crippen LogP contribution in [0.2, 0.25) is 0 Å². The van der Waals surface area contributed by atoms with Crippen molar-refractivity contribution in [1.82, 2.24) is 0 Å². The molecule has 1 aromatic heterocycles. The molecule has 0 fully saturated rings. The highest BCUT2D eigenvalue weighted by Crippen LogP contribution is 2.63. The van der Waals surface area contributed by atoms with Gasteiger partial charge in [0.25, 0.3) is 0 Å². The summed E-state index contributed by atoms with van der Waals surface area (Å²) in [7, 11) is 0. The van der Waals surface area contributed by atoms with E-state index >= 15 is 0 Å². The minimum absolute atomic E-state index is 0.446. The highest BCUT2D eigenvalue weighted by molar-refractivity contribution is 7.26. The third-order valence-electron chi connectivity index (χ3n) is 13.5. The topological polar surface area (TPSA) is 3.24 Å². The zero-order valence-corrected chi connectivity index (χ0v) is 35.2. The number of hydrogen-bond donors (Lipinski definition) is 0. The first kappa shape index (κ1) is 35.9. The Bertz CT molecular complexity index is 3500. The van der Waals surface area contributed by atoms with E-state index in [1.165, 1.54) is 98.1 Å². The highest BCUT2D eigenvalue weighted by Gasteiger charge is 2.51. The number of thiophene rings is 1. The number of fused-ring (bicyclic) bond motifs is 13. The Balaban J connectivity index is 1.02. The van der Waals surface area contributed by atoms with E-state index in [2.05, 4.69) is 241 Å². The van der Waals surface area contributed by atoms with Gasteiger partial charge in [-0.25, -0.2) is 0 Å². The molecule has 10 aromatic carbocycles. The second-order valence-electron chi connectivity index (χ2n) is 16.7. The summed E-state index contributed by atoms with van der Waals surface area (Å²) < 4.78 is 2.62. The molecule has 2 aliphatic carbocycles. The summed E-state index contributed by atoms with van der Waals surface area (Å²) in [6.07, 6.45) is 0. The maximum atomic E-state index is 2.50. The van der Waals surface area contributed by atoms with E-state index in [0.717, 1.165) is 17.1 Å². The van der Waals surface area contributed by atoms with Gasteiger partial charge in [-0.05, 0) is 103 Å². The fourth-order valence-electron chi connectivity index (χ4n) is 10.8. The summed E-state index contributed by atoms with van der Waals surface area (Å²) >= 11 is 1.88. The monoisotopic (exact) mass is 817 g/mol. The normalized spacial score (nSPS) is 12.9. The van der Waals surface area contributed by atoms with E-state index in [-0.39, 0.29) is 0 Å². The predicted octanol–water partition coefficient (Wildman–Crippen LogP) is 16.9. The van der Waals surface area contributed by atoms with Crippen LogP contribution in [0, 0.1) is 0 Å². The quantitative estimate of drug-likeness (QED) is 0.162. The molecule has 13 rings (SSSR count). The maximum Gasteiger partial charge on any atom is 0.0726 e. The van der Waals surface area contributed by atoms with Crippen molar-refractivity contribution in [3.8, 4) is 55.6 Å². The molecular weight excluding hydrogens is 779 g/mol. The molecule has 0 aliphatic heterocycles. The molecule has 0 atom stereocenters. The van der Waals surface area contributed by atoms with E-state index in [9.17, 15) is 0 Å². The van der Waals surface area contributed by atoms with Crippen LogP contribution in [-0.4, -0.2) is 0 Å². The van der Waals surface area contributed by atoms with Gasteiger partial charge in [-0.15, -0.1) is 11.3 Å². The van der Waals surface area contributed by atoms with Crippen LogP contribution in [0.5, 0.6) is 0 Å². The van der Waals surface area contributed by atoms with Gasteiger partial charge in [0.15, 0.2) is 0 Å². The summed E-state index contributed by atoms with van der Waals surface area (Å²) in [6.45, 7) is 0. The van der Waals surface area contributed by atoms with Gasteiger partial charge in [-0.3, -0.25) is 0 Å². The number of rotatable bonds is 6. The smallest absolute Gasteiger partial charge is 0.0726 e. The van der Waals surface area contributed by atoms with E-state index in [1.807, 2.05) is 11.3 Å². The molecule has 63 heavy (non-hydrogen) atoms. The molecule has 0 amide bonds. The first-order valence-corrected chi connectivity index (χ1v) is 22.6. The van der Waals surface area contributed by atoms with E-state index in [4.69, 9.17) is 0 Å². The molecule has 0 bridgehead atoms. The Morgan fingerprint density at radius 1 is 0.302 bits per heavy atom. The summed E-state index contributed by atoms with van der Waals surface area (Å²) in [4.78, 5) is 2.49. The van der Waals surface area contributed by atoms with Crippen LogP contribution < -0.4 is 4.90 Å². The van der Waals surface area contributed by atoms with Crippen molar-refractivity contribution in [3.05, 3.63) is 259 Å². The predicted molar refractivity (Wildman–Crippen MR) is 267 cm³/mol. The van der Waals surface area contributed by atoms with Crippen LogP contribution in [0.3, 0.4) is 0 Å². The standard InChI is InChI=1S/C61H39NS/c1-2-15-40(16-3-1)41-29-31-42(32-30-41)43-33-35-44(36-34-43)62(58-27-12-7-20-50(58)52-22-14-23-53-51-21-8-13-28-59(51)63-60(52)53)45-37-38-49-48-19-6-11-26-56(48)61(57(49)39-45)54-24-9-4-17-46(54)47-18-5-10-25-55(47)61/h1-39H. The molecule has 2 aliphatic rings. The molecule has 0 saturated carbocycles. The van der Waals surface area contributed by atoms with Crippen molar-refractivity contribution < 1.29 is 0 Å². The summed E-state index contributed by atoms with van der Waals surface area (Å²) in [5.74, 6) is 0. The average Bonchev–Trinajstić information content (AvgIpc) is 3.99. The van der Waals surface area contributed by atoms with Crippen LogP contribution in [0.25, 0.3) is 75.8 Å². The Hall–Kier alpha value is -7.78. The van der Waals surface area contributed by atoms with Crippen molar-refractivity contribution in [2.75, 3.05) is 4.90 Å². The van der Waals surface area contributed by atoms with E-state index in [1.54, 1.807) is 0 Å². The van der Waals surface area contributed by atoms with Crippen LogP contribution >= 0.6 is 11.3 Å². The summed E-state index contributed by atoms with van der Waals surface area (Å²) in [5, 5.41) is 2.61. The molecule has 0 radical (unpaired) electrons. The van der Waals surface area contributed by atoms with Gasteiger partial charge >= 0.3 is 0 Å². The van der Waals surface area contributed by atoms with Crippen LogP contribution in [0.4, 0.5) is 17.1 Å². The second-order valence-corrected chi connectivity index (χ2v) is 17.8.